The highest BCUT2D eigenvalue weighted by molar-refractivity contribution is 5.96. The molecule has 24 heavy (non-hydrogen) atoms. The van der Waals surface area contributed by atoms with E-state index < -0.39 is 0 Å². The Hall–Kier alpha value is -2.75. The summed E-state index contributed by atoms with van der Waals surface area (Å²) >= 11 is 0. The molecule has 4 nitrogen and oxygen atoms in total. The van der Waals surface area contributed by atoms with Gasteiger partial charge < -0.3 is 14.1 Å². The first-order valence-electron chi connectivity index (χ1n) is 8.20. The summed E-state index contributed by atoms with van der Waals surface area (Å²) in [5.74, 6) is 1.18. The molecular formula is C20H19NO3. The first kappa shape index (κ1) is 14.8. The smallest absolute Gasteiger partial charge is 0.290 e. The Morgan fingerprint density at radius 2 is 2.04 bits per heavy atom. The van der Waals surface area contributed by atoms with Gasteiger partial charge in [0.05, 0.1) is 13.2 Å². The number of likely N-dealkylation sites (tertiary alicyclic amines) is 1. The predicted octanol–water partition coefficient (Wildman–Crippen LogP) is 4.42. The maximum Gasteiger partial charge on any atom is 0.290 e. The van der Waals surface area contributed by atoms with E-state index in [2.05, 4.69) is 6.07 Å². The molecule has 1 atom stereocenters. The molecule has 0 radical (unpaired) electrons. The van der Waals surface area contributed by atoms with E-state index in [9.17, 15) is 4.79 Å². The van der Waals surface area contributed by atoms with Gasteiger partial charge in [-0.05, 0) is 42.7 Å². The van der Waals surface area contributed by atoms with Crippen molar-refractivity contribution in [2.45, 2.75) is 18.9 Å². The molecule has 0 aliphatic carbocycles. The van der Waals surface area contributed by atoms with Gasteiger partial charge in [-0.1, -0.05) is 30.3 Å². The van der Waals surface area contributed by atoms with Gasteiger partial charge >= 0.3 is 0 Å². The van der Waals surface area contributed by atoms with Crippen molar-refractivity contribution in [2.24, 2.45) is 0 Å². The van der Waals surface area contributed by atoms with Crippen molar-refractivity contribution in [3.8, 4) is 5.75 Å². The van der Waals surface area contributed by atoms with Crippen LogP contribution in [-0.4, -0.2) is 24.5 Å². The van der Waals surface area contributed by atoms with Gasteiger partial charge in [0.1, 0.15) is 11.3 Å². The van der Waals surface area contributed by atoms with Gasteiger partial charge in [-0.3, -0.25) is 4.79 Å². The lowest BCUT2D eigenvalue weighted by atomic mass is 10.0. The SMILES string of the molecule is COc1cccc(C2CCCN2C(=O)c2cc3ccccc3o2)c1. The minimum Gasteiger partial charge on any atom is -0.497 e. The molecule has 1 unspecified atom stereocenters. The zero-order valence-electron chi connectivity index (χ0n) is 13.6. The van der Waals surface area contributed by atoms with E-state index in [4.69, 9.17) is 9.15 Å². The van der Waals surface area contributed by atoms with E-state index in [0.29, 0.717) is 5.76 Å². The summed E-state index contributed by atoms with van der Waals surface area (Å²) < 4.78 is 11.1. The Kier molecular flexibility index (Phi) is 3.73. The van der Waals surface area contributed by atoms with E-state index >= 15 is 0 Å². The molecule has 4 heteroatoms. The zero-order chi connectivity index (χ0) is 16.5. The second-order valence-corrected chi connectivity index (χ2v) is 6.08. The van der Waals surface area contributed by atoms with Crippen LogP contribution >= 0.6 is 0 Å². The molecule has 4 rings (SSSR count). The number of fused-ring (bicyclic) bond motifs is 1. The van der Waals surface area contributed by atoms with E-state index in [0.717, 1.165) is 41.7 Å². The maximum atomic E-state index is 13.0. The van der Waals surface area contributed by atoms with Crippen molar-refractivity contribution in [1.82, 2.24) is 4.90 Å². The number of rotatable bonds is 3. The van der Waals surface area contributed by atoms with Crippen LogP contribution in [-0.2, 0) is 0 Å². The van der Waals surface area contributed by atoms with Crippen LogP contribution in [0.3, 0.4) is 0 Å². The van der Waals surface area contributed by atoms with Crippen molar-refractivity contribution in [1.29, 1.82) is 0 Å². The Morgan fingerprint density at radius 1 is 1.17 bits per heavy atom. The summed E-state index contributed by atoms with van der Waals surface area (Å²) in [5.41, 5.74) is 1.86. The molecule has 1 aliphatic heterocycles. The minimum atomic E-state index is -0.0449. The van der Waals surface area contributed by atoms with Gasteiger partial charge in [0, 0.05) is 11.9 Å². The number of ether oxygens (including phenoxy) is 1. The van der Waals surface area contributed by atoms with Crippen LogP contribution in [0.15, 0.2) is 59.0 Å². The third-order valence-electron chi connectivity index (χ3n) is 4.63. The largest absolute Gasteiger partial charge is 0.497 e. The Bertz CT molecular complexity index is 850. The minimum absolute atomic E-state index is 0.0449. The van der Waals surface area contributed by atoms with Crippen LogP contribution in [0.4, 0.5) is 0 Å². The lowest BCUT2D eigenvalue weighted by Crippen LogP contribution is -2.30. The number of carbonyl (C=O) groups is 1. The van der Waals surface area contributed by atoms with Gasteiger partial charge in [-0.15, -0.1) is 0 Å². The topological polar surface area (TPSA) is 42.7 Å². The van der Waals surface area contributed by atoms with Gasteiger partial charge in [0.25, 0.3) is 5.91 Å². The molecule has 1 fully saturated rings. The van der Waals surface area contributed by atoms with E-state index in [1.807, 2.05) is 53.4 Å². The van der Waals surface area contributed by atoms with E-state index in [-0.39, 0.29) is 11.9 Å². The summed E-state index contributed by atoms with van der Waals surface area (Å²) in [6, 6.07) is 17.6. The van der Waals surface area contributed by atoms with Crippen LogP contribution in [0, 0.1) is 0 Å². The fourth-order valence-corrected chi connectivity index (χ4v) is 3.43. The molecule has 0 N–H and O–H groups in total. The number of nitrogens with zero attached hydrogens (tertiary/aromatic N) is 1. The maximum absolute atomic E-state index is 13.0. The second-order valence-electron chi connectivity index (χ2n) is 6.08. The quantitative estimate of drug-likeness (QED) is 0.717. The van der Waals surface area contributed by atoms with Crippen molar-refractivity contribution in [2.75, 3.05) is 13.7 Å². The highest BCUT2D eigenvalue weighted by Gasteiger charge is 2.32. The molecule has 1 amide bonds. The molecule has 2 heterocycles. The van der Waals surface area contributed by atoms with Crippen LogP contribution in [0.5, 0.6) is 5.75 Å². The summed E-state index contributed by atoms with van der Waals surface area (Å²) in [5, 5.41) is 0.956. The van der Waals surface area contributed by atoms with Crippen LogP contribution in [0.2, 0.25) is 0 Å². The summed E-state index contributed by atoms with van der Waals surface area (Å²) in [4.78, 5) is 14.9. The highest BCUT2D eigenvalue weighted by atomic mass is 16.5. The summed E-state index contributed by atoms with van der Waals surface area (Å²) in [6.45, 7) is 0.748. The van der Waals surface area contributed by atoms with Crippen LogP contribution in [0.1, 0.15) is 35.0 Å². The average Bonchev–Trinajstić information content (AvgIpc) is 3.28. The third kappa shape index (κ3) is 2.54. The second kappa shape index (κ2) is 6.04. The number of benzene rings is 2. The molecule has 0 saturated carbocycles. The lowest BCUT2D eigenvalue weighted by molar-refractivity contribution is 0.0705. The fraction of sp³-hybridized carbons (Fsp3) is 0.250. The Balaban J connectivity index is 1.65. The van der Waals surface area contributed by atoms with Gasteiger partial charge in [-0.2, -0.15) is 0 Å². The standard InChI is InChI=1S/C20H19NO3/c1-23-16-8-4-7-14(12-16)17-9-5-11-21(17)20(22)19-13-15-6-2-3-10-18(15)24-19/h2-4,6-8,10,12-13,17H,5,9,11H2,1H3. The Morgan fingerprint density at radius 3 is 2.88 bits per heavy atom. The molecule has 3 aromatic rings. The average molecular weight is 321 g/mol. The van der Waals surface area contributed by atoms with Gasteiger partial charge in [0.2, 0.25) is 0 Å². The molecule has 2 aromatic carbocycles. The first-order chi connectivity index (χ1) is 11.8. The number of amides is 1. The number of methoxy groups -OCH3 is 1. The van der Waals surface area contributed by atoms with Crippen molar-refractivity contribution in [3.63, 3.8) is 0 Å². The molecular weight excluding hydrogens is 302 g/mol. The molecule has 0 bridgehead atoms. The lowest BCUT2D eigenvalue weighted by Gasteiger charge is -2.24. The van der Waals surface area contributed by atoms with Crippen molar-refractivity contribution >= 4 is 16.9 Å². The van der Waals surface area contributed by atoms with Crippen LogP contribution < -0.4 is 4.74 Å². The summed E-state index contributed by atoms with van der Waals surface area (Å²) in [7, 11) is 1.66. The normalized spacial score (nSPS) is 17.4. The number of para-hydroxylation sites is 1. The molecule has 0 spiro atoms. The number of hydrogen-bond acceptors (Lipinski definition) is 3. The number of hydrogen-bond donors (Lipinski definition) is 0. The van der Waals surface area contributed by atoms with Crippen molar-refractivity contribution < 1.29 is 13.9 Å². The number of furan rings is 1. The third-order valence-corrected chi connectivity index (χ3v) is 4.63. The van der Waals surface area contributed by atoms with Gasteiger partial charge in [-0.25, -0.2) is 0 Å². The zero-order valence-corrected chi connectivity index (χ0v) is 13.6. The molecule has 1 aromatic heterocycles. The fourth-order valence-electron chi connectivity index (χ4n) is 3.43. The highest BCUT2D eigenvalue weighted by Crippen LogP contribution is 2.35. The molecule has 1 aliphatic rings. The number of carbonyl (C=O) groups excluding carboxylic acids is 1. The van der Waals surface area contributed by atoms with E-state index in [1.165, 1.54) is 0 Å². The predicted molar refractivity (Wildman–Crippen MR) is 92.2 cm³/mol. The summed E-state index contributed by atoms with van der Waals surface area (Å²) in [6.07, 6.45) is 1.95. The van der Waals surface area contributed by atoms with E-state index in [1.54, 1.807) is 7.11 Å². The van der Waals surface area contributed by atoms with Crippen molar-refractivity contribution in [3.05, 3.63) is 65.9 Å². The van der Waals surface area contributed by atoms with Gasteiger partial charge in [0.15, 0.2) is 5.76 Å². The molecule has 122 valence electrons. The van der Waals surface area contributed by atoms with Crippen LogP contribution in [0.25, 0.3) is 11.0 Å². The molecule has 1 saturated heterocycles. The first-order valence-corrected chi connectivity index (χ1v) is 8.20. The monoisotopic (exact) mass is 321 g/mol. The Labute approximate surface area is 140 Å².